The molecule has 0 radical (unpaired) electrons. The molecule has 0 spiro atoms. The van der Waals surface area contributed by atoms with Crippen LogP contribution < -0.4 is 18.9 Å². The maximum Gasteiger partial charge on any atom is 0.200 e. The van der Waals surface area contributed by atoms with Crippen molar-refractivity contribution in [1.29, 1.82) is 0 Å². The fraction of sp³-hybridized carbons (Fsp3) is 0.769. The van der Waals surface area contributed by atoms with E-state index in [1.165, 1.54) is 257 Å². The first-order valence-electron chi connectivity index (χ1n) is 48.6. The Morgan fingerprint density at radius 2 is 0.448 bits per heavy atom. The SMILES string of the molecule is CCCC1CCC(C2CCC(CCc3c(C)cc(OCC)c(F)c3F)CC2)CC1.CCCC1CCC(C2CCC(c3c(C)cc(OCC)c(F)c3F)CC2)CC1.CCCCCC1CCC(C2CCC(CCc3c(C)cc(OCC)c(F)c3F)CC2)CC1.CCCCCC1CCC(C2CCC(c3c(C)cc(OCC)c(F)c3F)CC2)CC1. The third-order valence-electron chi connectivity index (χ3n) is 30.8. The van der Waals surface area contributed by atoms with Crippen molar-refractivity contribution in [3.63, 3.8) is 0 Å². The summed E-state index contributed by atoms with van der Waals surface area (Å²) in [6.45, 7) is 25.2. The average molecular weight is 1630 g/mol. The molecule has 4 aromatic carbocycles. The van der Waals surface area contributed by atoms with Crippen molar-refractivity contribution in [3.05, 3.63) is 115 Å². The molecule has 656 valence electrons. The van der Waals surface area contributed by atoms with E-state index < -0.39 is 46.5 Å². The van der Waals surface area contributed by atoms with Gasteiger partial charge in [0, 0.05) is 0 Å². The van der Waals surface area contributed by atoms with Crippen molar-refractivity contribution in [2.24, 2.45) is 82.9 Å². The van der Waals surface area contributed by atoms with Crippen LogP contribution in [0.1, 0.15) is 407 Å². The molecule has 0 aliphatic heterocycles. The largest absolute Gasteiger partial charge is 0.491 e. The fourth-order valence-electron chi connectivity index (χ4n) is 24.0. The lowest BCUT2D eigenvalue weighted by Crippen LogP contribution is -2.26. The van der Waals surface area contributed by atoms with Crippen molar-refractivity contribution in [2.75, 3.05) is 26.4 Å². The number of ether oxygens (including phenoxy) is 4. The molecule has 8 aliphatic rings. The molecule has 0 saturated heterocycles. The summed E-state index contributed by atoms with van der Waals surface area (Å²) in [7, 11) is 0. The normalized spacial score (nSPS) is 27.8. The van der Waals surface area contributed by atoms with Gasteiger partial charge < -0.3 is 18.9 Å². The van der Waals surface area contributed by atoms with Crippen LogP contribution in [0, 0.1) is 157 Å². The van der Waals surface area contributed by atoms with Crippen molar-refractivity contribution in [3.8, 4) is 23.0 Å². The van der Waals surface area contributed by atoms with E-state index in [2.05, 4.69) is 27.7 Å². The van der Waals surface area contributed by atoms with Crippen LogP contribution in [0.15, 0.2) is 24.3 Å². The Morgan fingerprint density at radius 1 is 0.233 bits per heavy atom. The van der Waals surface area contributed by atoms with Gasteiger partial charge in [0.15, 0.2) is 46.3 Å². The van der Waals surface area contributed by atoms with E-state index in [-0.39, 0.29) is 34.8 Å². The van der Waals surface area contributed by atoms with E-state index in [0.717, 1.165) is 132 Å². The van der Waals surface area contributed by atoms with E-state index in [1.807, 2.05) is 27.7 Å². The van der Waals surface area contributed by atoms with Crippen LogP contribution in [0.2, 0.25) is 0 Å². The summed E-state index contributed by atoms with van der Waals surface area (Å²) in [5.41, 5.74) is 5.58. The van der Waals surface area contributed by atoms with Crippen LogP contribution in [-0.2, 0) is 12.8 Å². The van der Waals surface area contributed by atoms with E-state index in [0.29, 0.717) is 73.4 Å². The van der Waals surface area contributed by atoms with Gasteiger partial charge >= 0.3 is 0 Å². The Kier molecular flexibility index (Phi) is 40.8. The molecule has 12 heteroatoms. The Bertz CT molecular complexity index is 3470. The summed E-state index contributed by atoms with van der Waals surface area (Å²) in [5, 5.41) is 0. The van der Waals surface area contributed by atoms with Crippen LogP contribution >= 0.6 is 0 Å². The molecule has 0 N–H and O–H groups in total. The summed E-state index contributed by atoms with van der Waals surface area (Å²) in [5.74, 6) is 6.71. The molecule has 4 aromatic rings. The molecule has 116 heavy (non-hydrogen) atoms. The molecule has 8 aliphatic carbocycles. The van der Waals surface area contributed by atoms with Crippen LogP contribution in [0.3, 0.4) is 0 Å². The van der Waals surface area contributed by atoms with Gasteiger partial charge in [-0.15, -0.1) is 0 Å². The van der Waals surface area contributed by atoms with Gasteiger partial charge in [-0.3, -0.25) is 0 Å². The highest BCUT2D eigenvalue weighted by atomic mass is 19.2. The summed E-state index contributed by atoms with van der Waals surface area (Å²) in [6.07, 6.45) is 61.6. The molecule has 4 nitrogen and oxygen atoms in total. The van der Waals surface area contributed by atoms with Gasteiger partial charge in [-0.25, -0.2) is 17.6 Å². The van der Waals surface area contributed by atoms with E-state index in [1.54, 1.807) is 52.0 Å². The highest BCUT2D eigenvalue weighted by Gasteiger charge is 2.38. The number of aryl methyl sites for hydroxylation is 4. The Balaban J connectivity index is 0.000000177. The van der Waals surface area contributed by atoms with Crippen LogP contribution in [-0.4, -0.2) is 26.4 Å². The lowest BCUT2D eigenvalue weighted by molar-refractivity contribution is 0.140. The second-order valence-corrected chi connectivity index (χ2v) is 38.3. The molecule has 0 unspecified atom stereocenters. The Morgan fingerprint density at radius 3 is 0.681 bits per heavy atom. The summed E-state index contributed by atoms with van der Waals surface area (Å²) in [6, 6.07) is 6.68. The molecule has 0 heterocycles. The molecule has 0 bridgehead atoms. The number of benzene rings is 4. The first-order valence-corrected chi connectivity index (χ1v) is 48.6. The standard InChI is InChI=1S/C28H44F2O.2C26H40F2O.C24H36F2O/c1-4-6-7-8-21-9-14-23(15-10-21)24-16-11-22(12-17-24)13-18-25-20(3)19-26(31-5-2)28(30)27(25)29;1-4-6-19-7-12-21(13-8-19)22-14-9-20(10-15-22)11-16-23-18(3)17-24(29-5-2)26(28)25(23)27;1-4-6-7-8-19-9-11-20(12-10-19)21-13-15-22(16-14-21)24-18(3)17-23(29-5-2)25(27)26(24)28;1-4-6-17-7-9-18(10-8-17)19-11-13-20(14-12-19)22-16(3)15-21(27-5-2)23(25)24(22)26/h19,21-24H,4-18H2,1-3H3;2*17,19-22H,4-16H2,1-3H3;15,17-20H,4-14H2,1-3H3. The molecular formula is C104H160F8O4. The molecule has 0 atom stereocenters. The summed E-state index contributed by atoms with van der Waals surface area (Å²) >= 11 is 0. The Hall–Kier alpha value is -4.48. The van der Waals surface area contributed by atoms with Gasteiger partial charge in [-0.05, 0) is 373 Å². The zero-order chi connectivity index (χ0) is 83.2. The molecular weight excluding hydrogens is 1470 g/mol. The van der Waals surface area contributed by atoms with Gasteiger partial charge in [0.05, 0.1) is 26.4 Å². The average Bonchev–Trinajstić information content (AvgIpc) is 0.777. The molecule has 0 amide bonds. The number of halogens is 8. The zero-order valence-electron chi connectivity index (χ0n) is 75.0. The number of hydrogen-bond acceptors (Lipinski definition) is 4. The first kappa shape index (κ1) is 95.4. The smallest absolute Gasteiger partial charge is 0.200 e. The van der Waals surface area contributed by atoms with Crippen molar-refractivity contribution >= 4 is 0 Å². The third-order valence-corrected chi connectivity index (χ3v) is 30.8. The van der Waals surface area contributed by atoms with Gasteiger partial charge in [0.2, 0.25) is 23.3 Å². The fourth-order valence-corrected chi connectivity index (χ4v) is 24.0. The van der Waals surface area contributed by atoms with Gasteiger partial charge in [-0.2, -0.15) is 17.6 Å². The minimum atomic E-state index is -0.824. The van der Waals surface area contributed by atoms with Crippen molar-refractivity contribution in [2.45, 2.75) is 403 Å². The quantitative estimate of drug-likeness (QED) is 0.0361. The third kappa shape index (κ3) is 27.3. The highest BCUT2D eigenvalue weighted by Crippen LogP contribution is 2.51. The maximum atomic E-state index is 14.8. The van der Waals surface area contributed by atoms with Gasteiger partial charge in [-0.1, -0.05) is 182 Å². The number of hydrogen-bond donors (Lipinski definition) is 0. The van der Waals surface area contributed by atoms with Crippen LogP contribution in [0.25, 0.3) is 0 Å². The molecule has 8 saturated carbocycles. The van der Waals surface area contributed by atoms with Gasteiger partial charge in [0.25, 0.3) is 0 Å². The summed E-state index contributed by atoms with van der Waals surface area (Å²) in [4.78, 5) is 0. The number of unbranched alkanes of at least 4 members (excludes halogenated alkanes) is 4. The van der Waals surface area contributed by atoms with E-state index in [4.69, 9.17) is 18.9 Å². The molecule has 8 fully saturated rings. The monoisotopic (exact) mass is 1630 g/mol. The highest BCUT2D eigenvalue weighted by molar-refractivity contribution is 5.42. The van der Waals surface area contributed by atoms with E-state index >= 15 is 0 Å². The maximum absolute atomic E-state index is 14.8. The zero-order valence-corrected chi connectivity index (χ0v) is 75.0. The Labute approximate surface area is 701 Å². The van der Waals surface area contributed by atoms with Crippen molar-refractivity contribution in [1.82, 2.24) is 0 Å². The lowest BCUT2D eigenvalue weighted by atomic mass is 9.67. The van der Waals surface area contributed by atoms with Gasteiger partial charge in [0.1, 0.15) is 0 Å². The first-order chi connectivity index (χ1) is 56.1. The molecule has 12 rings (SSSR count). The van der Waals surface area contributed by atoms with Crippen LogP contribution in [0.4, 0.5) is 35.1 Å². The second-order valence-electron chi connectivity index (χ2n) is 38.3. The lowest BCUT2D eigenvalue weighted by Gasteiger charge is -2.38. The van der Waals surface area contributed by atoms with Crippen molar-refractivity contribution < 1.29 is 54.1 Å². The number of rotatable bonds is 32. The minimum Gasteiger partial charge on any atom is -0.491 e. The minimum absolute atomic E-state index is 0.0421. The van der Waals surface area contributed by atoms with Crippen LogP contribution in [0.5, 0.6) is 23.0 Å². The predicted molar refractivity (Wildman–Crippen MR) is 466 cm³/mol. The second kappa shape index (κ2) is 49.6. The summed E-state index contributed by atoms with van der Waals surface area (Å²) < 4.78 is 137. The predicted octanol–water partition coefficient (Wildman–Crippen LogP) is 32.7. The topological polar surface area (TPSA) is 36.9 Å². The van der Waals surface area contributed by atoms with E-state index in [9.17, 15) is 35.1 Å². The molecule has 0 aromatic heterocycles.